The molecule has 4 rings (SSSR count). The van der Waals surface area contributed by atoms with Gasteiger partial charge in [-0.3, -0.25) is 5.32 Å². The Hall–Kier alpha value is -3.31. The lowest BCUT2D eigenvalue weighted by Crippen LogP contribution is -2.18. The molecule has 0 aromatic heterocycles. The summed E-state index contributed by atoms with van der Waals surface area (Å²) in [5.41, 5.74) is 12.1. The van der Waals surface area contributed by atoms with Crippen molar-refractivity contribution >= 4 is 17.5 Å². The lowest BCUT2D eigenvalue weighted by atomic mass is 9.98. The molecule has 0 saturated heterocycles. The Labute approximate surface area is 157 Å². The van der Waals surface area contributed by atoms with Crippen LogP contribution in [0.5, 0.6) is 0 Å². The Balaban J connectivity index is 1.49. The Kier molecular flexibility index (Phi) is 4.52. The van der Waals surface area contributed by atoms with Crippen molar-refractivity contribution in [3.63, 3.8) is 0 Å². The number of ether oxygens (including phenoxy) is 1. The van der Waals surface area contributed by atoms with E-state index in [-0.39, 0.29) is 19.1 Å². The van der Waals surface area contributed by atoms with E-state index in [2.05, 4.69) is 29.6 Å². The summed E-state index contributed by atoms with van der Waals surface area (Å²) in [7, 11) is 0. The van der Waals surface area contributed by atoms with Crippen LogP contribution in [0.1, 0.15) is 22.6 Å². The van der Waals surface area contributed by atoms with Crippen molar-refractivity contribution in [2.45, 2.75) is 12.5 Å². The SMILES string of the molecule is Nc1cc(CO)cc(NC(=O)OCC2c3ccccc3-c3ccccc32)c1. The van der Waals surface area contributed by atoms with E-state index in [4.69, 9.17) is 10.5 Å². The molecule has 27 heavy (non-hydrogen) atoms. The maximum atomic E-state index is 12.3. The lowest BCUT2D eigenvalue weighted by molar-refractivity contribution is 0.158. The Morgan fingerprint density at radius 2 is 1.63 bits per heavy atom. The molecule has 1 aliphatic rings. The average Bonchev–Trinajstić information content (AvgIpc) is 3.00. The molecule has 1 aliphatic carbocycles. The Morgan fingerprint density at radius 1 is 1.00 bits per heavy atom. The highest BCUT2D eigenvalue weighted by Gasteiger charge is 2.28. The summed E-state index contributed by atoms with van der Waals surface area (Å²) in [4.78, 5) is 12.3. The van der Waals surface area contributed by atoms with Crippen molar-refractivity contribution in [3.8, 4) is 11.1 Å². The Morgan fingerprint density at radius 3 is 2.26 bits per heavy atom. The molecule has 0 atom stereocenters. The molecule has 5 heteroatoms. The number of hydrogen-bond acceptors (Lipinski definition) is 4. The highest BCUT2D eigenvalue weighted by molar-refractivity contribution is 5.86. The predicted molar refractivity (Wildman–Crippen MR) is 105 cm³/mol. The molecule has 5 nitrogen and oxygen atoms in total. The summed E-state index contributed by atoms with van der Waals surface area (Å²) in [5, 5.41) is 11.9. The molecule has 0 spiro atoms. The molecule has 3 aromatic rings. The molecule has 0 bridgehead atoms. The fourth-order valence-corrected chi connectivity index (χ4v) is 3.63. The third-order valence-corrected chi connectivity index (χ3v) is 4.79. The summed E-state index contributed by atoms with van der Waals surface area (Å²) in [6.45, 7) is 0.0967. The van der Waals surface area contributed by atoms with Gasteiger partial charge in [0.15, 0.2) is 0 Å². The van der Waals surface area contributed by atoms with Crippen LogP contribution in [0.2, 0.25) is 0 Å². The lowest BCUT2D eigenvalue weighted by Gasteiger charge is -2.15. The summed E-state index contributed by atoms with van der Waals surface area (Å²) in [5.74, 6) is 0.0111. The number of rotatable bonds is 4. The summed E-state index contributed by atoms with van der Waals surface area (Å²) < 4.78 is 5.50. The second kappa shape index (κ2) is 7.13. The van der Waals surface area contributed by atoms with E-state index in [1.165, 1.54) is 11.1 Å². The third-order valence-electron chi connectivity index (χ3n) is 4.79. The first kappa shape index (κ1) is 17.1. The van der Waals surface area contributed by atoms with Crippen molar-refractivity contribution in [3.05, 3.63) is 83.4 Å². The average molecular weight is 360 g/mol. The number of benzene rings is 3. The van der Waals surface area contributed by atoms with E-state index in [0.29, 0.717) is 16.9 Å². The summed E-state index contributed by atoms with van der Waals surface area (Å²) in [6, 6.07) is 21.3. The number of aliphatic hydroxyl groups is 1. The van der Waals surface area contributed by atoms with Crippen molar-refractivity contribution < 1.29 is 14.6 Å². The molecule has 0 heterocycles. The number of fused-ring (bicyclic) bond motifs is 3. The summed E-state index contributed by atoms with van der Waals surface area (Å²) >= 11 is 0. The van der Waals surface area contributed by atoms with E-state index >= 15 is 0 Å². The van der Waals surface area contributed by atoms with Crippen LogP contribution in [0.3, 0.4) is 0 Å². The molecule has 0 saturated carbocycles. The van der Waals surface area contributed by atoms with Crippen LogP contribution in [-0.4, -0.2) is 17.8 Å². The number of hydrogen-bond donors (Lipinski definition) is 3. The highest BCUT2D eigenvalue weighted by atomic mass is 16.5. The van der Waals surface area contributed by atoms with Crippen LogP contribution >= 0.6 is 0 Å². The van der Waals surface area contributed by atoms with Crippen LogP contribution in [0.25, 0.3) is 11.1 Å². The van der Waals surface area contributed by atoms with Gasteiger partial charge in [-0.05, 0) is 46.0 Å². The summed E-state index contributed by atoms with van der Waals surface area (Å²) in [6.07, 6.45) is -0.550. The van der Waals surface area contributed by atoms with Gasteiger partial charge in [0, 0.05) is 17.3 Å². The van der Waals surface area contributed by atoms with E-state index in [1.807, 2.05) is 24.3 Å². The normalized spacial score (nSPS) is 12.3. The molecule has 3 aromatic carbocycles. The number of carbonyl (C=O) groups excluding carboxylic acids is 1. The van der Waals surface area contributed by atoms with Crippen LogP contribution < -0.4 is 11.1 Å². The topological polar surface area (TPSA) is 84.6 Å². The van der Waals surface area contributed by atoms with E-state index in [1.54, 1.807) is 18.2 Å². The zero-order valence-corrected chi connectivity index (χ0v) is 14.7. The maximum Gasteiger partial charge on any atom is 0.411 e. The molecule has 0 fully saturated rings. The van der Waals surface area contributed by atoms with Gasteiger partial charge < -0.3 is 15.6 Å². The van der Waals surface area contributed by atoms with Gasteiger partial charge in [0.1, 0.15) is 6.61 Å². The monoisotopic (exact) mass is 360 g/mol. The van der Waals surface area contributed by atoms with Gasteiger partial charge in [-0.1, -0.05) is 48.5 Å². The van der Waals surface area contributed by atoms with Crippen LogP contribution in [0.15, 0.2) is 66.7 Å². The second-order valence-electron chi connectivity index (χ2n) is 6.57. The molecular formula is C22H20N2O3. The molecule has 4 N–H and O–H groups in total. The quantitative estimate of drug-likeness (QED) is 0.611. The molecule has 136 valence electrons. The Bertz CT molecular complexity index is 955. The maximum absolute atomic E-state index is 12.3. The zero-order valence-electron chi connectivity index (χ0n) is 14.7. The predicted octanol–water partition coefficient (Wildman–Crippen LogP) is 4.12. The minimum atomic E-state index is -0.550. The minimum Gasteiger partial charge on any atom is -0.448 e. The van der Waals surface area contributed by atoms with Crippen LogP contribution in [-0.2, 0) is 11.3 Å². The number of amides is 1. The largest absolute Gasteiger partial charge is 0.448 e. The first-order valence-corrected chi connectivity index (χ1v) is 8.78. The van der Waals surface area contributed by atoms with Crippen molar-refractivity contribution in [1.82, 2.24) is 0 Å². The number of nitrogens with two attached hydrogens (primary N) is 1. The van der Waals surface area contributed by atoms with E-state index in [9.17, 15) is 9.90 Å². The number of anilines is 2. The zero-order chi connectivity index (χ0) is 18.8. The fraction of sp³-hybridized carbons (Fsp3) is 0.136. The smallest absolute Gasteiger partial charge is 0.411 e. The highest BCUT2D eigenvalue weighted by Crippen LogP contribution is 2.44. The second-order valence-corrected chi connectivity index (χ2v) is 6.57. The van der Waals surface area contributed by atoms with Crippen molar-refractivity contribution in [1.29, 1.82) is 0 Å². The van der Waals surface area contributed by atoms with Gasteiger partial charge in [0.2, 0.25) is 0 Å². The van der Waals surface area contributed by atoms with Gasteiger partial charge in [-0.2, -0.15) is 0 Å². The number of nitrogen functional groups attached to an aromatic ring is 1. The molecule has 0 unspecified atom stereocenters. The van der Waals surface area contributed by atoms with Crippen molar-refractivity contribution in [2.75, 3.05) is 17.7 Å². The molecule has 0 radical (unpaired) electrons. The van der Waals surface area contributed by atoms with Crippen molar-refractivity contribution in [2.24, 2.45) is 0 Å². The van der Waals surface area contributed by atoms with Gasteiger partial charge in [-0.25, -0.2) is 4.79 Å². The molecule has 0 aliphatic heterocycles. The van der Waals surface area contributed by atoms with Crippen LogP contribution in [0.4, 0.5) is 16.2 Å². The fourth-order valence-electron chi connectivity index (χ4n) is 3.63. The standard InChI is InChI=1S/C22H20N2O3/c23-15-9-14(12-25)10-16(11-15)24-22(26)27-13-21-19-7-3-1-5-17(19)18-6-2-4-8-20(18)21/h1-11,21,25H,12-13,23H2,(H,24,26). The van der Waals surface area contributed by atoms with Gasteiger partial charge >= 0.3 is 6.09 Å². The van der Waals surface area contributed by atoms with Gasteiger partial charge in [-0.15, -0.1) is 0 Å². The van der Waals surface area contributed by atoms with Gasteiger partial charge in [0.25, 0.3) is 0 Å². The van der Waals surface area contributed by atoms with E-state index in [0.717, 1.165) is 11.1 Å². The molecule has 1 amide bonds. The molecular weight excluding hydrogens is 340 g/mol. The third kappa shape index (κ3) is 3.37. The first-order chi connectivity index (χ1) is 13.2. The van der Waals surface area contributed by atoms with Gasteiger partial charge in [0.05, 0.1) is 6.61 Å². The number of aliphatic hydroxyl groups excluding tert-OH is 1. The first-order valence-electron chi connectivity index (χ1n) is 8.78. The number of carbonyl (C=O) groups is 1. The van der Waals surface area contributed by atoms with Crippen LogP contribution in [0, 0.1) is 0 Å². The minimum absolute atomic E-state index is 0.0111. The number of nitrogens with one attached hydrogen (secondary N) is 1. The van der Waals surface area contributed by atoms with E-state index < -0.39 is 6.09 Å².